The summed E-state index contributed by atoms with van der Waals surface area (Å²) in [5, 5.41) is 4.31. The average molecular weight is 282 g/mol. The van der Waals surface area contributed by atoms with Crippen molar-refractivity contribution in [3.63, 3.8) is 0 Å². The first-order valence-corrected chi connectivity index (χ1v) is 6.31. The van der Waals surface area contributed by atoms with E-state index >= 15 is 0 Å². The molecule has 0 amide bonds. The number of para-hydroxylation sites is 1. The van der Waals surface area contributed by atoms with E-state index < -0.39 is 0 Å². The number of hydrogen-bond acceptors (Lipinski definition) is 2. The van der Waals surface area contributed by atoms with Crippen LogP contribution in [0.2, 0.25) is 10.0 Å². The molecule has 2 rings (SSSR count). The largest absolute Gasteiger partial charge is 0.456 e. The Morgan fingerprint density at radius 2 is 1.83 bits per heavy atom. The average Bonchev–Trinajstić information content (AvgIpc) is 2.36. The van der Waals surface area contributed by atoms with Crippen LogP contribution in [-0.2, 0) is 6.54 Å². The summed E-state index contributed by atoms with van der Waals surface area (Å²) in [5.74, 6) is 1.30. The Balaban J connectivity index is 2.20. The fourth-order valence-corrected chi connectivity index (χ4v) is 1.99. The Morgan fingerprint density at radius 1 is 1.06 bits per heavy atom. The first kappa shape index (κ1) is 13.2. The molecule has 0 spiro atoms. The second-order valence-corrected chi connectivity index (χ2v) is 4.63. The van der Waals surface area contributed by atoms with Gasteiger partial charge in [-0.1, -0.05) is 41.4 Å². The zero-order valence-corrected chi connectivity index (χ0v) is 11.4. The molecule has 0 unspecified atom stereocenters. The highest BCUT2D eigenvalue weighted by molar-refractivity contribution is 6.32. The predicted molar refractivity (Wildman–Crippen MR) is 75.7 cm³/mol. The van der Waals surface area contributed by atoms with Crippen molar-refractivity contribution in [1.82, 2.24) is 5.32 Å². The van der Waals surface area contributed by atoms with Gasteiger partial charge in [0.25, 0.3) is 0 Å². The summed E-state index contributed by atoms with van der Waals surface area (Å²) in [7, 11) is 1.88. The molecule has 4 heteroatoms. The monoisotopic (exact) mass is 281 g/mol. The highest BCUT2D eigenvalue weighted by Crippen LogP contribution is 2.31. The molecule has 0 aliphatic heterocycles. The van der Waals surface area contributed by atoms with Crippen LogP contribution in [0.15, 0.2) is 42.5 Å². The Hall–Kier alpha value is -1.22. The van der Waals surface area contributed by atoms with E-state index in [-0.39, 0.29) is 0 Å². The Kier molecular flexibility index (Phi) is 4.48. The molecular formula is C14H13Cl2NO. The second-order valence-electron chi connectivity index (χ2n) is 3.82. The number of ether oxygens (including phenoxy) is 1. The highest BCUT2D eigenvalue weighted by Gasteiger charge is 2.05. The summed E-state index contributed by atoms with van der Waals surface area (Å²) in [5.41, 5.74) is 1.03. The minimum absolute atomic E-state index is 0.577. The van der Waals surface area contributed by atoms with Gasteiger partial charge in [0, 0.05) is 11.6 Å². The third kappa shape index (κ3) is 3.16. The number of rotatable bonds is 4. The predicted octanol–water partition coefficient (Wildman–Crippen LogP) is 4.51. The van der Waals surface area contributed by atoms with Gasteiger partial charge in [0.15, 0.2) is 0 Å². The number of nitrogens with one attached hydrogen (secondary N) is 1. The first-order chi connectivity index (χ1) is 8.70. The Bertz CT molecular complexity index is 543. The van der Waals surface area contributed by atoms with Crippen LogP contribution in [0.5, 0.6) is 11.5 Å². The van der Waals surface area contributed by atoms with Crippen LogP contribution >= 0.6 is 23.2 Å². The van der Waals surface area contributed by atoms with Crippen molar-refractivity contribution in [2.24, 2.45) is 0 Å². The van der Waals surface area contributed by atoms with E-state index in [4.69, 9.17) is 27.9 Å². The summed E-state index contributed by atoms with van der Waals surface area (Å²) >= 11 is 12.2. The fraction of sp³-hybridized carbons (Fsp3) is 0.143. The molecule has 0 aliphatic carbocycles. The van der Waals surface area contributed by atoms with E-state index in [9.17, 15) is 0 Å². The van der Waals surface area contributed by atoms with Gasteiger partial charge < -0.3 is 10.1 Å². The molecule has 0 saturated heterocycles. The van der Waals surface area contributed by atoms with Crippen molar-refractivity contribution in [3.8, 4) is 11.5 Å². The third-order valence-electron chi connectivity index (χ3n) is 2.46. The van der Waals surface area contributed by atoms with Gasteiger partial charge in [0.2, 0.25) is 0 Å². The molecule has 0 fully saturated rings. The smallest absolute Gasteiger partial charge is 0.146 e. The summed E-state index contributed by atoms with van der Waals surface area (Å²) in [6.07, 6.45) is 0. The van der Waals surface area contributed by atoms with Crippen molar-refractivity contribution in [2.75, 3.05) is 7.05 Å². The molecule has 18 heavy (non-hydrogen) atoms. The second kappa shape index (κ2) is 6.10. The van der Waals surface area contributed by atoms with E-state index in [1.807, 2.05) is 37.4 Å². The molecule has 2 aromatic rings. The minimum Gasteiger partial charge on any atom is -0.456 e. The third-order valence-corrected chi connectivity index (χ3v) is 3.12. The SMILES string of the molecule is CNCc1ccc(Oc2ccccc2Cl)cc1Cl. The maximum absolute atomic E-state index is 6.16. The van der Waals surface area contributed by atoms with Crippen LogP contribution < -0.4 is 10.1 Å². The zero-order valence-electron chi connectivity index (χ0n) is 9.91. The van der Waals surface area contributed by atoms with Gasteiger partial charge in [-0.2, -0.15) is 0 Å². The molecule has 0 atom stereocenters. The summed E-state index contributed by atoms with van der Waals surface area (Å²) < 4.78 is 5.69. The molecule has 0 aromatic heterocycles. The van der Waals surface area contributed by atoms with Crippen LogP contribution in [0.25, 0.3) is 0 Å². The molecule has 0 radical (unpaired) electrons. The first-order valence-electron chi connectivity index (χ1n) is 5.56. The van der Waals surface area contributed by atoms with Gasteiger partial charge >= 0.3 is 0 Å². The number of hydrogen-bond donors (Lipinski definition) is 1. The van der Waals surface area contributed by atoms with Gasteiger partial charge in [0.05, 0.1) is 5.02 Å². The highest BCUT2D eigenvalue weighted by atomic mass is 35.5. The van der Waals surface area contributed by atoms with E-state index in [1.165, 1.54) is 0 Å². The van der Waals surface area contributed by atoms with Gasteiger partial charge in [-0.15, -0.1) is 0 Å². The van der Waals surface area contributed by atoms with E-state index in [2.05, 4.69) is 5.32 Å². The number of benzene rings is 2. The Labute approximate surface area is 116 Å². The lowest BCUT2D eigenvalue weighted by Gasteiger charge is -2.09. The fourth-order valence-electron chi connectivity index (χ4n) is 1.58. The van der Waals surface area contributed by atoms with Crippen molar-refractivity contribution in [1.29, 1.82) is 0 Å². The van der Waals surface area contributed by atoms with Gasteiger partial charge in [0.1, 0.15) is 11.5 Å². The van der Waals surface area contributed by atoms with Crippen LogP contribution in [0.4, 0.5) is 0 Å². The lowest BCUT2D eigenvalue weighted by atomic mass is 10.2. The van der Waals surface area contributed by atoms with Crippen LogP contribution in [0.1, 0.15) is 5.56 Å². The van der Waals surface area contributed by atoms with Crippen molar-refractivity contribution in [3.05, 3.63) is 58.1 Å². The topological polar surface area (TPSA) is 21.3 Å². The molecule has 0 heterocycles. The molecule has 94 valence electrons. The van der Waals surface area contributed by atoms with Crippen LogP contribution in [-0.4, -0.2) is 7.05 Å². The minimum atomic E-state index is 0.577. The lowest BCUT2D eigenvalue weighted by molar-refractivity contribution is 0.482. The molecule has 0 bridgehead atoms. The van der Waals surface area contributed by atoms with E-state index in [0.717, 1.165) is 12.1 Å². The molecule has 1 N–H and O–H groups in total. The molecular weight excluding hydrogens is 269 g/mol. The van der Waals surface area contributed by atoms with E-state index in [0.29, 0.717) is 21.5 Å². The lowest BCUT2D eigenvalue weighted by Crippen LogP contribution is -2.05. The number of halogens is 2. The van der Waals surface area contributed by atoms with Gasteiger partial charge in [-0.05, 0) is 36.9 Å². The molecule has 0 saturated carbocycles. The molecule has 2 aromatic carbocycles. The normalized spacial score (nSPS) is 10.4. The standard InChI is InChI=1S/C14H13Cl2NO/c1-17-9-10-6-7-11(8-13(10)16)18-14-5-3-2-4-12(14)15/h2-8,17H,9H2,1H3. The zero-order chi connectivity index (χ0) is 13.0. The van der Waals surface area contributed by atoms with Crippen molar-refractivity contribution >= 4 is 23.2 Å². The van der Waals surface area contributed by atoms with Crippen LogP contribution in [0.3, 0.4) is 0 Å². The quantitative estimate of drug-likeness (QED) is 0.891. The summed E-state index contributed by atoms with van der Waals surface area (Å²) in [6.45, 7) is 0.727. The maximum Gasteiger partial charge on any atom is 0.146 e. The molecule has 0 aliphatic rings. The Morgan fingerprint density at radius 3 is 2.50 bits per heavy atom. The van der Waals surface area contributed by atoms with Crippen LogP contribution in [0, 0.1) is 0 Å². The van der Waals surface area contributed by atoms with Gasteiger partial charge in [-0.3, -0.25) is 0 Å². The van der Waals surface area contributed by atoms with Gasteiger partial charge in [-0.25, -0.2) is 0 Å². The summed E-state index contributed by atoms with van der Waals surface area (Å²) in [4.78, 5) is 0. The van der Waals surface area contributed by atoms with Crippen molar-refractivity contribution in [2.45, 2.75) is 6.54 Å². The molecule has 2 nitrogen and oxygen atoms in total. The van der Waals surface area contributed by atoms with Crippen molar-refractivity contribution < 1.29 is 4.74 Å². The van der Waals surface area contributed by atoms with E-state index in [1.54, 1.807) is 12.1 Å². The summed E-state index contributed by atoms with van der Waals surface area (Å²) in [6, 6.07) is 12.9. The maximum atomic E-state index is 6.16.